The highest BCUT2D eigenvalue weighted by molar-refractivity contribution is 5.82. The topological polar surface area (TPSA) is 72.1 Å². The zero-order valence-corrected chi connectivity index (χ0v) is 10.2. The molecule has 2 N–H and O–H groups in total. The number of aromatic nitrogens is 2. The van der Waals surface area contributed by atoms with E-state index in [4.69, 9.17) is 5.73 Å². The summed E-state index contributed by atoms with van der Waals surface area (Å²) in [5.74, 6) is -0.00865. The number of nitrogens with two attached hydrogens (primary N) is 1. The Kier molecular flexibility index (Phi) is 3.38. The van der Waals surface area contributed by atoms with E-state index in [-0.39, 0.29) is 11.9 Å². The summed E-state index contributed by atoms with van der Waals surface area (Å²) in [6.45, 7) is 3.70. The highest BCUT2D eigenvalue weighted by Gasteiger charge is 2.37. The van der Waals surface area contributed by atoms with Crippen LogP contribution in [0.1, 0.15) is 38.4 Å². The fraction of sp³-hybridized carbons (Fsp3) is 0.583. The first kappa shape index (κ1) is 12.0. The lowest BCUT2D eigenvalue weighted by molar-refractivity contribution is -0.135. The quantitative estimate of drug-likeness (QED) is 0.839. The van der Waals surface area contributed by atoms with E-state index < -0.39 is 6.04 Å². The van der Waals surface area contributed by atoms with Gasteiger partial charge in [-0.1, -0.05) is 0 Å². The molecule has 1 amide bonds. The average molecular weight is 234 g/mol. The van der Waals surface area contributed by atoms with Gasteiger partial charge in [-0.3, -0.25) is 14.8 Å². The Labute approximate surface area is 101 Å². The minimum absolute atomic E-state index is 0.00865. The summed E-state index contributed by atoms with van der Waals surface area (Å²) in [5.41, 5.74) is 6.50. The summed E-state index contributed by atoms with van der Waals surface area (Å²) in [7, 11) is 0. The van der Waals surface area contributed by atoms with E-state index in [9.17, 15) is 4.79 Å². The number of carbonyl (C=O) groups excluding carboxylic acids is 1. The molecule has 1 aromatic rings. The number of hydrogen-bond donors (Lipinski definition) is 1. The molecule has 0 spiro atoms. The maximum atomic E-state index is 12.1. The third-order valence-corrected chi connectivity index (χ3v) is 3.01. The second-order valence-electron chi connectivity index (χ2n) is 4.57. The van der Waals surface area contributed by atoms with Gasteiger partial charge in [0.25, 0.3) is 0 Å². The van der Waals surface area contributed by atoms with Gasteiger partial charge in [-0.15, -0.1) is 0 Å². The summed E-state index contributed by atoms with van der Waals surface area (Å²) < 4.78 is 0. The van der Waals surface area contributed by atoms with Crippen LogP contribution < -0.4 is 5.73 Å². The molecule has 0 aliphatic heterocycles. The second kappa shape index (κ2) is 4.79. The molecule has 1 saturated carbocycles. The van der Waals surface area contributed by atoms with Gasteiger partial charge in [0.05, 0.1) is 24.0 Å². The normalized spacial score (nSPS) is 18.5. The fourth-order valence-corrected chi connectivity index (χ4v) is 1.94. The molecule has 1 fully saturated rings. The van der Waals surface area contributed by atoms with Crippen molar-refractivity contribution in [3.63, 3.8) is 0 Å². The third kappa shape index (κ3) is 2.61. The van der Waals surface area contributed by atoms with Crippen molar-refractivity contribution in [1.29, 1.82) is 0 Å². The molecular formula is C12H18N4O. The van der Waals surface area contributed by atoms with Crippen molar-refractivity contribution >= 4 is 5.91 Å². The van der Waals surface area contributed by atoms with E-state index in [1.54, 1.807) is 25.5 Å². The van der Waals surface area contributed by atoms with Crippen molar-refractivity contribution < 1.29 is 4.79 Å². The number of carbonyl (C=O) groups is 1. The largest absolute Gasteiger partial charge is 0.330 e. The van der Waals surface area contributed by atoms with Crippen molar-refractivity contribution in [2.45, 2.75) is 44.8 Å². The first-order valence-electron chi connectivity index (χ1n) is 5.95. The SMILES string of the molecule is C[C@H](N)C(=O)N(C1CC1)[C@H](C)c1cnccn1. The van der Waals surface area contributed by atoms with Crippen LogP contribution in [-0.4, -0.2) is 32.9 Å². The van der Waals surface area contributed by atoms with Gasteiger partial charge in [-0.05, 0) is 26.7 Å². The predicted octanol–water partition coefficient (Wildman–Crippen LogP) is 0.876. The van der Waals surface area contributed by atoms with Crippen molar-refractivity contribution in [3.05, 3.63) is 24.3 Å². The Balaban J connectivity index is 2.19. The average Bonchev–Trinajstić information content (AvgIpc) is 3.14. The summed E-state index contributed by atoms with van der Waals surface area (Å²) >= 11 is 0. The molecule has 92 valence electrons. The van der Waals surface area contributed by atoms with Gasteiger partial charge in [0.2, 0.25) is 5.91 Å². The van der Waals surface area contributed by atoms with Crippen LogP contribution in [0, 0.1) is 0 Å². The molecule has 17 heavy (non-hydrogen) atoms. The van der Waals surface area contributed by atoms with Crippen LogP contribution in [0.4, 0.5) is 0 Å². The molecule has 0 unspecified atom stereocenters. The van der Waals surface area contributed by atoms with Gasteiger partial charge in [0, 0.05) is 18.4 Å². The number of amides is 1. The monoisotopic (exact) mass is 234 g/mol. The maximum Gasteiger partial charge on any atom is 0.240 e. The minimum atomic E-state index is -0.463. The zero-order chi connectivity index (χ0) is 12.4. The molecule has 1 aliphatic rings. The van der Waals surface area contributed by atoms with Crippen molar-refractivity contribution in [3.8, 4) is 0 Å². The van der Waals surface area contributed by atoms with Crippen LogP contribution in [0.2, 0.25) is 0 Å². The Morgan fingerprint density at radius 1 is 1.47 bits per heavy atom. The Bertz CT molecular complexity index is 389. The van der Waals surface area contributed by atoms with E-state index >= 15 is 0 Å². The summed E-state index contributed by atoms with van der Waals surface area (Å²) in [5, 5.41) is 0. The number of hydrogen-bond acceptors (Lipinski definition) is 4. The molecule has 0 aromatic carbocycles. The molecule has 1 aromatic heterocycles. The summed E-state index contributed by atoms with van der Waals surface area (Å²) in [4.78, 5) is 22.2. The zero-order valence-electron chi connectivity index (χ0n) is 10.2. The molecule has 0 radical (unpaired) electrons. The van der Waals surface area contributed by atoms with Crippen LogP contribution >= 0.6 is 0 Å². The molecular weight excluding hydrogens is 216 g/mol. The molecule has 2 atom stereocenters. The molecule has 1 aliphatic carbocycles. The maximum absolute atomic E-state index is 12.1. The van der Waals surface area contributed by atoms with Gasteiger partial charge < -0.3 is 10.6 Å². The molecule has 2 rings (SSSR count). The van der Waals surface area contributed by atoms with Crippen LogP contribution in [-0.2, 0) is 4.79 Å². The number of nitrogens with zero attached hydrogens (tertiary/aromatic N) is 3. The predicted molar refractivity (Wildman–Crippen MR) is 64.0 cm³/mol. The Morgan fingerprint density at radius 3 is 2.65 bits per heavy atom. The van der Waals surface area contributed by atoms with Crippen molar-refractivity contribution in [2.75, 3.05) is 0 Å². The minimum Gasteiger partial charge on any atom is -0.330 e. The van der Waals surface area contributed by atoms with Gasteiger partial charge in [-0.25, -0.2) is 0 Å². The van der Waals surface area contributed by atoms with Crippen molar-refractivity contribution in [1.82, 2.24) is 14.9 Å². The highest BCUT2D eigenvalue weighted by Crippen LogP contribution is 2.33. The van der Waals surface area contributed by atoms with Crippen LogP contribution in [0.5, 0.6) is 0 Å². The Morgan fingerprint density at radius 2 is 2.18 bits per heavy atom. The lowest BCUT2D eigenvalue weighted by Crippen LogP contribution is -2.44. The molecule has 0 saturated heterocycles. The second-order valence-corrected chi connectivity index (χ2v) is 4.57. The van der Waals surface area contributed by atoms with Gasteiger partial charge >= 0.3 is 0 Å². The molecule has 5 nitrogen and oxygen atoms in total. The van der Waals surface area contributed by atoms with Gasteiger partial charge in [-0.2, -0.15) is 0 Å². The molecule has 5 heteroatoms. The fourth-order valence-electron chi connectivity index (χ4n) is 1.94. The standard InChI is InChI=1S/C12H18N4O/c1-8(13)12(17)16(10-3-4-10)9(2)11-7-14-5-6-15-11/h5-10H,3-4,13H2,1-2H3/t8-,9+/m0/s1. The van der Waals surface area contributed by atoms with E-state index in [1.807, 2.05) is 11.8 Å². The number of rotatable bonds is 4. The Hall–Kier alpha value is -1.49. The van der Waals surface area contributed by atoms with Gasteiger partial charge in [0.15, 0.2) is 0 Å². The summed E-state index contributed by atoms with van der Waals surface area (Å²) in [6.07, 6.45) is 7.10. The van der Waals surface area contributed by atoms with E-state index in [0.717, 1.165) is 18.5 Å². The van der Waals surface area contributed by atoms with Crippen LogP contribution in [0.25, 0.3) is 0 Å². The molecule has 1 heterocycles. The summed E-state index contributed by atoms with van der Waals surface area (Å²) in [6, 6.07) is -0.199. The van der Waals surface area contributed by atoms with Gasteiger partial charge in [0.1, 0.15) is 0 Å². The third-order valence-electron chi connectivity index (χ3n) is 3.01. The van der Waals surface area contributed by atoms with E-state index in [1.165, 1.54) is 0 Å². The lowest BCUT2D eigenvalue weighted by atomic mass is 10.1. The van der Waals surface area contributed by atoms with Crippen LogP contribution in [0.3, 0.4) is 0 Å². The first-order valence-corrected chi connectivity index (χ1v) is 5.95. The highest BCUT2D eigenvalue weighted by atomic mass is 16.2. The van der Waals surface area contributed by atoms with E-state index in [0.29, 0.717) is 6.04 Å². The van der Waals surface area contributed by atoms with Crippen LogP contribution in [0.15, 0.2) is 18.6 Å². The lowest BCUT2D eigenvalue weighted by Gasteiger charge is -2.30. The smallest absolute Gasteiger partial charge is 0.240 e. The molecule has 0 bridgehead atoms. The van der Waals surface area contributed by atoms with Crippen molar-refractivity contribution in [2.24, 2.45) is 5.73 Å². The first-order chi connectivity index (χ1) is 8.11. The van der Waals surface area contributed by atoms with E-state index in [2.05, 4.69) is 9.97 Å².